The van der Waals surface area contributed by atoms with Gasteiger partial charge in [-0.25, -0.2) is 0 Å². The fraction of sp³-hybridized carbons (Fsp3) is 1.00. The van der Waals surface area contributed by atoms with Gasteiger partial charge in [0.25, 0.3) is 0 Å². The minimum atomic E-state index is 0.584. The molecule has 0 aromatic heterocycles. The monoisotopic (exact) mass is 227 g/mol. The van der Waals surface area contributed by atoms with Crippen molar-refractivity contribution in [3.63, 3.8) is 0 Å². The van der Waals surface area contributed by atoms with Crippen molar-refractivity contribution in [3.05, 3.63) is 0 Å². The van der Waals surface area contributed by atoms with Gasteiger partial charge in [-0.2, -0.15) is 0 Å². The lowest BCUT2D eigenvalue weighted by atomic mass is 9.91. The van der Waals surface area contributed by atoms with Crippen LogP contribution < -0.4 is 5.32 Å². The van der Waals surface area contributed by atoms with E-state index >= 15 is 0 Å². The average molecular weight is 227 g/mol. The van der Waals surface area contributed by atoms with E-state index in [0.29, 0.717) is 18.0 Å². The van der Waals surface area contributed by atoms with Crippen molar-refractivity contribution in [2.24, 2.45) is 11.8 Å². The molecule has 3 heteroatoms. The molecule has 0 amide bonds. The van der Waals surface area contributed by atoms with Gasteiger partial charge in [-0.1, -0.05) is 0 Å². The van der Waals surface area contributed by atoms with Gasteiger partial charge in [0.1, 0.15) is 0 Å². The molecule has 0 saturated carbocycles. The van der Waals surface area contributed by atoms with Gasteiger partial charge in [0.15, 0.2) is 0 Å². The highest BCUT2D eigenvalue weighted by molar-refractivity contribution is 4.82. The van der Waals surface area contributed by atoms with Gasteiger partial charge in [0.2, 0.25) is 0 Å². The summed E-state index contributed by atoms with van der Waals surface area (Å²) in [6.45, 7) is 8.39. The van der Waals surface area contributed by atoms with Gasteiger partial charge in [-0.05, 0) is 44.9 Å². The van der Waals surface area contributed by atoms with Crippen LogP contribution in [0.2, 0.25) is 0 Å². The van der Waals surface area contributed by atoms with Crippen LogP contribution in [0.25, 0.3) is 0 Å². The maximum atomic E-state index is 5.45. The van der Waals surface area contributed by atoms with Crippen molar-refractivity contribution in [2.45, 2.75) is 45.2 Å². The summed E-state index contributed by atoms with van der Waals surface area (Å²) in [5.74, 6) is 1.50. The van der Waals surface area contributed by atoms with Crippen LogP contribution in [0.15, 0.2) is 0 Å². The summed E-state index contributed by atoms with van der Waals surface area (Å²) in [4.78, 5) is 0. The molecule has 3 atom stereocenters. The molecule has 16 heavy (non-hydrogen) atoms. The highest BCUT2D eigenvalue weighted by atomic mass is 16.5. The molecule has 1 N–H and O–H groups in total. The summed E-state index contributed by atoms with van der Waals surface area (Å²) in [5, 5.41) is 3.76. The van der Waals surface area contributed by atoms with Gasteiger partial charge in [0, 0.05) is 31.9 Å². The molecular weight excluding hydrogens is 202 g/mol. The summed E-state index contributed by atoms with van der Waals surface area (Å²) in [6, 6.07) is 1.19. The van der Waals surface area contributed by atoms with Gasteiger partial charge in [-0.15, -0.1) is 0 Å². The molecule has 2 aliphatic rings. The molecule has 94 valence electrons. The predicted molar refractivity (Wildman–Crippen MR) is 64.5 cm³/mol. The van der Waals surface area contributed by atoms with E-state index in [1.165, 1.54) is 19.3 Å². The Morgan fingerprint density at radius 2 is 1.44 bits per heavy atom. The number of hydrogen-bond donors (Lipinski definition) is 1. The second-order valence-electron chi connectivity index (χ2n) is 5.32. The SMILES string of the molecule is CC(NC(C)C1CCOC1)C1CCOCC1. The number of ether oxygens (including phenoxy) is 2. The molecule has 0 aromatic carbocycles. The van der Waals surface area contributed by atoms with Crippen LogP contribution in [-0.2, 0) is 9.47 Å². The van der Waals surface area contributed by atoms with Crippen LogP contribution in [0.5, 0.6) is 0 Å². The zero-order chi connectivity index (χ0) is 11.4. The predicted octanol–water partition coefficient (Wildman–Crippen LogP) is 1.82. The third kappa shape index (κ3) is 3.19. The fourth-order valence-electron chi connectivity index (χ4n) is 2.85. The number of nitrogens with one attached hydrogen (secondary N) is 1. The molecule has 2 heterocycles. The molecule has 0 bridgehead atoms. The summed E-state index contributed by atoms with van der Waals surface area (Å²) < 4.78 is 10.9. The minimum absolute atomic E-state index is 0.584. The first-order valence-electron chi connectivity index (χ1n) is 6.69. The van der Waals surface area contributed by atoms with Gasteiger partial charge >= 0.3 is 0 Å². The molecule has 0 spiro atoms. The molecule has 2 fully saturated rings. The van der Waals surface area contributed by atoms with E-state index in [1.807, 2.05) is 0 Å². The molecule has 0 aliphatic carbocycles. The highest BCUT2D eigenvalue weighted by Gasteiger charge is 2.26. The van der Waals surface area contributed by atoms with E-state index in [1.54, 1.807) is 0 Å². The fourth-order valence-corrected chi connectivity index (χ4v) is 2.85. The van der Waals surface area contributed by atoms with Gasteiger partial charge in [0.05, 0.1) is 6.61 Å². The zero-order valence-corrected chi connectivity index (χ0v) is 10.6. The first-order valence-corrected chi connectivity index (χ1v) is 6.69. The van der Waals surface area contributed by atoms with Crippen molar-refractivity contribution in [1.82, 2.24) is 5.32 Å². The Labute approximate surface area is 98.9 Å². The molecule has 3 unspecified atom stereocenters. The summed E-state index contributed by atoms with van der Waals surface area (Å²) in [7, 11) is 0. The Hall–Kier alpha value is -0.120. The van der Waals surface area contributed by atoms with Crippen LogP contribution in [-0.4, -0.2) is 38.5 Å². The first-order chi connectivity index (χ1) is 7.77. The molecule has 0 radical (unpaired) electrons. The van der Waals surface area contributed by atoms with Crippen molar-refractivity contribution >= 4 is 0 Å². The Morgan fingerprint density at radius 1 is 0.875 bits per heavy atom. The Morgan fingerprint density at radius 3 is 2.06 bits per heavy atom. The Balaban J connectivity index is 1.74. The quantitative estimate of drug-likeness (QED) is 0.794. The molecule has 2 aliphatic heterocycles. The van der Waals surface area contributed by atoms with E-state index in [9.17, 15) is 0 Å². The standard InChI is InChI=1S/C13H25NO2/c1-10(12-3-6-15-7-4-12)14-11(2)13-5-8-16-9-13/h10-14H,3-9H2,1-2H3. The largest absolute Gasteiger partial charge is 0.381 e. The topological polar surface area (TPSA) is 30.5 Å². The maximum absolute atomic E-state index is 5.45. The van der Waals surface area contributed by atoms with E-state index in [0.717, 1.165) is 32.3 Å². The molecule has 2 saturated heterocycles. The van der Waals surface area contributed by atoms with Crippen molar-refractivity contribution in [2.75, 3.05) is 26.4 Å². The van der Waals surface area contributed by atoms with Crippen LogP contribution in [0.1, 0.15) is 33.1 Å². The normalized spacial score (nSPS) is 31.5. The molecule has 2 rings (SSSR count). The zero-order valence-electron chi connectivity index (χ0n) is 10.6. The van der Waals surface area contributed by atoms with Gasteiger partial charge in [-0.3, -0.25) is 0 Å². The van der Waals surface area contributed by atoms with Gasteiger partial charge < -0.3 is 14.8 Å². The molecular formula is C13H25NO2. The summed E-state index contributed by atoms with van der Waals surface area (Å²) in [6.07, 6.45) is 3.64. The van der Waals surface area contributed by atoms with Crippen LogP contribution in [0, 0.1) is 11.8 Å². The molecule has 0 aromatic rings. The second-order valence-corrected chi connectivity index (χ2v) is 5.32. The number of rotatable bonds is 4. The first kappa shape index (κ1) is 12.3. The molecule has 3 nitrogen and oxygen atoms in total. The third-order valence-electron chi connectivity index (χ3n) is 4.17. The van der Waals surface area contributed by atoms with E-state index in [-0.39, 0.29) is 0 Å². The minimum Gasteiger partial charge on any atom is -0.381 e. The van der Waals surface area contributed by atoms with E-state index in [4.69, 9.17) is 9.47 Å². The lowest BCUT2D eigenvalue weighted by Crippen LogP contribution is -2.44. The lowest BCUT2D eigenvalue weighted by Gasteiger charge is -2.32. The lowest BCUT2D eigenvalue weighted by molar-refractivity contribution is 0.0533. The Kier molecular flexibility index (Phi) is 4.62. The van der Waals surface area contributed by atoms with Crippen molar-refractivity contribution < 1.29 is 9.47 Å². The van der Waals surface area contributed by atoms with Crippen LogP contribution in [0.3, 0.4) is 0 Å². The van der Waals surface area contributed by atoms with E-state index < -0.39 is 0 Å². The summed E-state index contributed by atoms with van der Waals surface area (Å²) >= 11 is 0. The van der Waals surface area contributed by atoms with Crippen molar-refractivity contribution in [1.29, 1.82) is 0 Å². The Bertz CT molecular complexity index is 198. The highest BCUT2D eigenvalue weighted by Crippen LogP contribution is 2.21. The third-order valence-corrected chi connectivity index (χ3v) is 4.17. The maximum Gasteiger partial charge on any atom is 0.0509 e. The number of hydrogen-bond acceptors (Lipinski definition) is 3. The smallest absolute Gasteiger partial charge is 0.0509 e. The average Bonchev–Trinajstić information content (AvgIpc) is 2.83. The van der Waals surface area contributed by atoms with Crippen LogP contribution >= 0.6 is 0 Å². The van der Waals surface area contributed by atoms with E-state index in [2.05, 4.69) is 19.2 Å². The van der Waals surface area contributed by atoms with Crippen molar-refractivity contribution in [3.8, 4) is 0 Å². The van der Waals surface area contributed by atoms with Crippen LogP contribution in [0.4, 0.5) is 0 Å². The second kappa shape index (κ2) is 5.99. The summed E-state index contributed by atoms with van der Waals surface area (Å²) in [5.41, 5.74) is 0.